The lowest BCUT2D eigenvalue weighted by molar-refractivity contribution is -0.145. The van der Waals surface area contributed by atoms with Crippen molar-refractivity contribution in [2.45, 2.75) is 31.0 Å². The third-order valence-corrected chi connectivity index (χ3v) is 6.51. The van der Waals surface area contributed by atoms with Crippen molar-refractivity contribution >= 4 is 18.0 Å². The molecule has 0 unspecified atom stereocenters. The highest BCUT2D eigenvalue weighted by molar-refractivity contribution is 5.90. The number of alkyl carbamates (subject to hydrolysis) is 1. The van der Waals surface area contributed by atoms with Crippen LogP contribution in [0.3, 0.4) is 0 Å². The number of amides is 2. The number of rotatable bonds is 11. The highest BCUT2D eigenvalue weighted by atomic mass is 16.5. The molecule has 0 spiro atoms. The van der Waals surface area contributed by atoms with E-state index < -0.39 is 36.0 Å². The van der Waals surface area contributed by atoms with Crippen LogP contribution in [0, 0.1) is 0 Å². The molecule has 0 radical (unpaired) electrons. The lowest BCUT2D eigenvalue weighted by atomic mass is 9.84. The summed E-state index contributed by atoms with van der Waals surface area (Å²) in [5.41, 5.74) is 3.32. The van der Waals surface area contributed by atoms with Crippen molar-refractivity contribution in [2.24, 2.45) is 0 Å². The second-order valence-electron chi connectivity index (χ2n) is 9.26. The number of benzene rings is 4. The molecule has 4 aromatic rings. The molecule has 0 fully saturated rings. The highest BCUT2D eigenvalue weighted by Gasteiger charge is 2.35. The Morgan fingerprint density at radius 3 is 1.62 bits per heavy atom. The summed E-state index contributed by atoms with van der Waals surface area (Å²) in [6.45, 7) is 0.0568. The third-order valence-electron chi connectivity index (χ3n) is 6.51. The molecule has 7 nitrogen and oxygen atoms in total. The van der Waals surface area contributed by atoms with Crippen molar-refractivity contribution < 1.29 is 23.9 Å². The summed E-state index contributed by atoms with van der Waals surface area (Å²) < 4.78 is 10.5. The SMILES string of the molecule is COC(=O)[C@H](NC(=O)[C@H](Cc1ccccc1)NC(=O)OCc1ccccc1)C(c1ccccc1)c1ccccc1. The molecule has 4 aromatic carbocycles. The summed E-state index contributed by atoms with van der Waals surface area (Å²) in [6, 6.07) is 35.4. The number of hydrogen-bond donors (Lipinski definition) is 2. The average Bonchev–Trinajstić information content (AvgIpc) is 3.01. The van der Waals surface area contributed by atoms with Gasteiger partial charge in [0.2, 0.25) is 5.91 Å². The van der Waals surface area contributed by atoms with E-state index in [1.165, 1.54) is 7.11 Å². The number of ether oxygens (including phenoxy) is 2. The summed E-state index contributed by atoms with van der Waals surface area (Å²) in [6.07, 6.45) is -0.542. The summed E-state index contributed by atoms with van der Waals surface area (Å²) in [7, 11) is 1.29. The van der Waals surface area contributed by atoms with Crippen molar-refractivity contribution in [3.05, 3.63) is 144 Å². The van der Waals surface area contributed by atoms with Gasteiger partial charge in [-0.15, -0.1) is 0 Å². The zero-order chi connectivity index (χ0) is 28.2. The predicted molar refractivity (Wildman–Crippen MR) is 152 cm³/mol. The lowest BCUT2D eigenvalue weighted by Crippen LogP contribution is -2.54. The minimum absolute atomic E-state index is 0.0568. The first-order chi connectivity index (χ1) is 19.5. The minimum Gasteiger partial charge on any atom is -0.467 e. The fourth-order valence-corrected chi connectivity index (χ4v) is 4.52. The first-order valence-electron chi connectivity index (χ1n) is 13.0. The Kier molecular flexibility index (Phi) is 10.0. The van der Waals surface area contributed by atoms with Gasteiger partial charge < -0.3 is 20.1 Å². The standard InChI is InChI=1S/C33H32N2O5/c1-39-32(37)30(29(26-18-10-4-11-19-26)27-20-12-5-13-21-27)35-31(36)28(22-24-14-6-2-7-15-24)34-33(38)40-23-25-16-8-3-9-17-25/h2-21,28-30H,22-23H2,1H3,(H,34,38)(H,35,36)/t28-,30+/m0/s1. The molecule has 4 rings (SSSR count). The fraction of sp³-hybridized carbons (Fsp3) is 0.182. The Hall–Kier alpha value is -4.91. The number of nitrogens with one attached hydrogen (secondary N) is 2. The van der Waals surface area contributed by atoms with E-state index in [2.05, 4.69) is 10.6 Å². The molecule has 0 bridgehead atoms. The lowest BCUT2D eigenvalue weighted by Gasteiger charge is -2.29. The van der Waals surface area contributed by atoms with Crippen LogP contribution in [-0.2, 0) is 32.1 Å². The molecule has 0 aliphatic carbocycles. The largest absolute Gasteiger partial charge is 0.467 e. The molecular weight excluding hydrogens is 504 g/mol. The van der Waals surface area contributed by atoms with Crippen LogP contribution >= 0.6 is 0 Å². The Balaban J connectivity index is 1.59. The average molecular weight is 537 g/mol. The van der Waals surface area contributed by atoms with Gasteiger partial charge in [-0.2, -0.15) is 0 Å². The topological polar surface area (TPSA) is 93.7 Å². The van der Waals surface area contributed by atoms with E-state index in [1.807, 2.05) is 121 Å². The molecule has 2 amide bonds. The summed E-state index contributed by atoms with van der Waals surface area (Å²) in [5, 5.41) is 5.57. The minimum atomic E-state index is -1.05. The van der Waals surface area contributed by atoms with Crippen LogP contribution in [-0.4, -0.2) is 37.2 Å². The van der Waals surface area contributed by atoms with Crippen LogP contribution in [0.5, 0.6) is 0 Å². The number of hydrogen-bond acceptors (Lipinski definition) is 5. The fourth-order valence-electron chi connectivity index (χ4n) is 4.52. The van der Waals surface area contributed by atoms with E-state index in [0.717, 1.165) is 22.3 Å². The molecule has 0 aliphatic heterocycles. The van der Waals surface area contributed by atoms with Gasteiger partial charge >= 0.3 is 12.1 Å². The molecule has 0 saturated carbocycles. The maximum atomic E-state index is 13.8. The van der Waals surface area contributed by atoms with Crippen LogP contribution in [0.4, 0.5) is 4.79 Å². The van der Waals surface area contributed by atoms with E-state index >= 15 is 0 Å². The summed E-state index contributed by atoms with van der Waals surface area (Å²) in [5.74, 6) is -1.66. The van der Waals surface area contributed by atoms with Gasteiger partial charge in [-0.25, -0.2) is 9.59 Å². The molecular formula is C33H32N2O5. The quantitative estimate of drug-likeness (QED) is 0.263. The van der Waals surface area contributed by atoms with E-state index in [4.69, 9.17) is 9.47 Å². The highest BCUT2D eigenvalue weighted by Crippen LogP contribution is 2.29. The Bertz CT molecular complexity index is 1330. The predicted octanol–water partition coefficient (Wildman–Crippen LogP) is 5.01. The van der Waals surface area contributed by atoms with Gasteiger partial charge in [0, 0.05) is 12.3 Å². The second kappa shape index (κ2) is 14.3. The van der Waals surface area contributed by atoms with Crippen LogP contribution in [0.15, 0.2) is 121 Å². The smallest absolute Gasteiger partial charge is 0.408 e. The van der Waals surface area contributed by atoms with Crippen molar-refractivity contribution in [3.63, 3.8) is 0 Å². The van der Waals surface area contributed by atoms with Gasteiger partial charge in [0.1, 0.15) is 18.7 Å². The molecule has 0 aromatic heterocycles. The van der Waals surface area contributed by atoms with Crippen molar-refractivity contribution in [1.29, 1.82) is 0 Å². The monoisotopic (exact) mass is 536 g/mol. The van der Waals surface area contributed by atoms with Crippen LogP contribution in [0.1, 0.15) is 28.2 Å². The van der Waals surface area contributed by atoms with Crippen molar-refractivity contribution in [2.75, 3.05) is 7.11 Å². The van der Waals surface area contributed by atoms with Crippen molar-refractivity contribution in [1.82, 2.24) is 10.6 Å². The Morgan fingerprint density at radius 2 is 1.12 bits per heavy atom. The molecule has 40 heavy (non-hydrogen) atoms. The maximum absolute atomic E-state index is 13.8. The van der Waals surface area contributed by atoms with Crippen molar-refractivity contribution in [3.8, 4) is 0 Å². The van der Waals surface area contributed by atoms with Gasteiger partial charge in [0.15, 0.2) is 0 Å². The number of carbonyl (C=O) groups is 3. The maximum Gasteiger partial charge on any atom is 0.408 e. The van der Waals surface area contributed by atoms with Gasteiger partial charge in [0.25, 0.3) is 0 Å². The number of carbonyl (C=O) groups excluding carboxylic acids is 3. The Labute approximate surface area is 234 Å². The first-order valence-corrected chi connectivity index (χ1v) is 13.0. The third kappa shape index (κ3) is 7.80. The second-order valence-corrected chi connectivity index (χ2v) is 9.26. The van der Waals surface area contributed by atoms with Crippen LogP contribution in [0.2, 0.25) is 0 Å². The number of methoxy groups -OCH3 is 1. The summed E-state index contributed by atoms with van der Waals surface area (Å²) >= 11 is 0. The molecule has 0 aliphatic rings. The van der Waals surface area contributed by atoms with E-state index in [9.17, 15) is 14.4 Å². The van der Waals surface area contributed by atoms with Gasteiger partial charge in [-0.3, -0.25) is 4.79 Å². The first kappa shape index (κ1) is 28.1. The van der Waals surface area contributed by atoms with Gasteiger partial charge in [-0.1, -0.05) is 121 Å². The van der Waals surface area contributed by atoms with Gasteiger partial charge in [-0.05, 0) is 22.3 Å². The molecule has 2 atom stereocenters. The molecule has 2 N–H and O–H groups in total. The summed E-state index contributed by atoms with van der Waals surface area (Å²) in [4.78, 5) is 39.7. The zero-order valence-electron chi connectivity index (χ0n) is 22.2. The molecule has 0 saturated heterocycles. The van der Waals surface area contributed by atoms with E-state index in [-0.39, 0.29) is 13.0 Å². The number of esters is 1. The normalized spacial score (nSPS) is 12.2. The molecule has 7 heteroatoms. The van der Waals surface area contributed by atoms with Gasteiger partial charge in [0.05, 0.1) is 7.11 Å². The van der Waals surface area contributed by atoms with E-state index in [1.54, 1.807) is 0 Å². The van der Waals surface area contributed by atoms with E-state index in [0.29, 0.717) is 0 Å². The molecule has 204 valence electrons. The van der Waals surface area contributed by atoms with Crippen LogP contribution < -0.4 is 10.6 Å². The zero-order valence-corrected chi connectivity index (χ0v) is 22.2. The molecule has 0 heterocycles. The van der Waals surface area contributed by atoms with Crippen LogP contribution in [0.25, 0.3) is 0 Å². The Morgan fingerprint density at radius 1 is 0.650 bits per heavy atom.